The van der Waals surface area contributed by atoms with E-state index >= 15 is 0 Å². The average molecular weight is 405 g/mol. The van der Waals surface area contributed by atoms with E-state index in [1.54, 1.807) is 6.92 Å². The number of amides is 2. The molecule has 0 spiro atoms. The summed E-state index contributed by atoms with van der Waals surface area (Å²) in [5.41, 5.74) is 8.72. The van der Waals surface area contributed by atoms with Gasteiger partial charge in [0.1, 0.15) is 0 Å². The first-order valence-electron chi connectivity index (χ1n) is 9.44. The fourth-order valence-electron chi connectivity index (χ4n) is 3.54. The Labute approximate surface area is 169 Å². The van der Waals surface area contributed by atoms with Gasteiger partial charge in [-0.05, 0) is 56.0 Å². The predicted octanol–water partition coefficient (Wildman–Crippen LogP) is 2.91. The highest BCUT2D eigenvalue weighted by atomic mass is 35.5. The number of piperidine rings is 1. The topological polar surface area (TPSA) is 101 Å². The molecule has 8 heteroatoms. The molecule has 3 N–H and O–H groups in total. The van der Waals surface area contributed by atoms with Crippen LogP contribution in [0.4, 0.5) is 5.69 Å². The third-order valence-electron chi connectivity index (χ3n) is 5.13. The lowest BCUT2D eigenvalue weighted by Crippen LogP contribution is -2.40. The van der Waals surface area contributed by atoms with E-state index in [0.717, 1.165) is 36.2 Å². The van der Waals surface area contributed by atoms with Gasteiger partial charge in [0.05, 0.1) is 11.6 Å². The van der Waals surface area contributed by atoms with E-state index in [-0.39, 0.29) is 29.4 Å². The molecule has 3 rings (SSSR count). The standard InChI is InChI=1S/C20H25ClN4O3/c1-13-16(19(21)28-24-13)8-9-18(26)23-17-7-3-2-5-14(17)11-25-10-4-6-15(12-25)20(22)27/h2-3,5,7,15H,4,6,8-12H2,1H3,(H2,22,27)(H,23,26). The molecule has 1 aromatic carbocycles. The lowest BCUT2D eigenvalue weighted by molar-refractivity contribution is -0.123. The third kappa shape index (κ3) is 5.11. The number of para-hydroxylation sites is 1. The molecule has 0 radical (unpaired) electrons. The summed E-state index contributed by atoms with van der Waals surface area (Å²) in [7, 11) is 0. The highest BCUT2D eigenvalue weighted by Crippen LogP contribution is 2.23. The Morgan fingerprint density at radius 1 is 1.39 bits per heavy atom. The number of likely N-dealkylation sites (tertiary alicyclic amines) is 1. The normalized spacial score (nSPS) is 17.4. The van der Waals surface area contributed by atoms with Gasteiger partial charge in [0.25, 0.3) is 0 Å². The van der Waals surface area contributed by atoms with Crippen molar-refractivity contribution < 1.29 is 14.1 Å². The van der Waals surface area contributed by atoms with Gasteiger partial charge in [0, 0.05) is 30.8 Å². The van der Waals surface area contributed by atoms with Crippen molar-refractivity contribution in [3.8, 4) is 0 Å². The Bertz CT molecular complexity index is 832. The molecule has 1 atom stereocenters. The van der Waals surface area contributed by atoms with Crippen LogP contribution in [0.3, 0.4) is 0 Å². The zero-order valence-corrected chi connectivity index (χ0v) is 16.7. The number of nitrogens with one attached hydrogen (secondary N) is 1. The summed E-state index contributed by atoms with van der Waals surface area (Å²) in [5.74, 6) is -0.446. The second-order valence-electron chi connectivity index (χ2n) is 7.20. The number of nitrogens with two attached hydrogens (primary N) is 1. The SMILES string of the molecule is Cc1noc(Cl)c1CCC(=O)Nc1ccccc1CN1CCCC(C(N)=O)C1. The number of hydrogen-bond donors (Lipinski definition) is 2. The van der Waals surface area contributed by atoms with Crippen molar-refractivity contribution in [2.24, 2.45) is 11.7 Å². The summed E-state index contributed by atoms with van der Waals surface area (Å²) in [6.45, 7) is 4.03. The molecule has 1 aliphatic heterocycles. The van der Waals surface area contributed by atoms with E-state index in [1.807, 2.05) is 24.3 Å². The molecule has 2 amide bonds. The highest BCUT2D eigenvalue weighted by molar-refractivity contribution is 6.29. The van der Waals surface area contributed by atoms with Crippen LogP contribution in [-0.4, -0.2) is 35.0 Å². The van der Waals surface area contributed by atoms with Gasteiger partial charge in [0.2, 0.25) is 17.0 Å². The van der Waals surface area contributed by atoms with Crippen LogP contribution < -0.4 is 11.1 Å². The van der Waals surface area contributed by atoms with Crippen LogP contribution in [0.15, 0.2) is 28.8 Å². The van der Waals surface area contributed by atoms with Crippen LogP contribution >= 0.6 is 11.6 Å². The van der Waals surface area contributed by atoms with Crippen LogP contribution in [-0.2, 0) is 22.6 Å². The number of rotatable bonds is 7. The van der Waals surface area contributed by atoms with E-state index in [4.69, 9.17) is 21.9 Å². The number of hydrogen-bond acceptors (Lipinski definition) is 5. The van der Waals surface area contributed by atoms with Gasteiger partial charge in [-0.15, -0.1) is 0 Å². The maximum Gasteiger partial charge on any atom is 0.229 e. The Hall–Kier alpha value is -2.38. The number of carbonyl (C=O) groups is 2. The van der Waals surface area contributed by atoms with E-state index < -0.39 is 0 Å². The summed E-state index contributed by atoms with van der Waals surface area (Å²) < 4.78 is 4.92. The van der Waals surface area contributed by atoms with Crippen LogP contribution in [0, 0.1) is 12.8 Å². The molecule has 1 fully saturated rings. The van der Waals surface area contributed by atoms with Crippen molar-refractivity contribution in [1.82, 2.24) is 10.1 Å². The summed E-state index contributed by atoms with van der Waals surface area (Å²) in [6.07, 6.45) is 2.54. The second-order valence-corrected chi connectivity index (χ2v) is 7.55. The van der Waals surface area contributed by atoms with Crippen molar-refractivity contribution in [1.29, 1.82) is 0 Å². The van der Waals surface area contributed by atoms with E-state index in [0.29, 0.717) is 25.2 Å². The first kappa shape index (κ1) is 20.4. The van der Waals surface area contributed by atoms with E-state index in [1.165, 1.54) is 0 Å². The number of anilines is 1. The maximum absolute atomic E-state index is 12.4. The Morgan fingerprint density at radius 3 is 2.89 bits per heavy atom. The second kappa shape index (κ2) is 9.21. The average Bonchev–Trinajstić information content (AvgIpc) is 2.99. The number of nitrogens with zero attached hydrogens (tertiary/aromatic N) is 2. The molecule has 1 saturated heterocycles. The molecule has 2 aromatic rings. The minimum atomic E-state index is -0.242. The number of halogens is 1. The molecule has 1 aromatic heterocycles. The smallest absolute Gasteiger partial charge is 0.229 e. The van der Waals surface area contributed by atoms with Gasteiger partial charge in [0.15, 0.2) is 0 Å². The van der Waals surface area contributed by atoms with Gasteiger partial charge in [-0.3, -0.25) is 14.5 Å². The Kier molecular flexibility index (Phi) is 6.70. The molecule has 1 unspecified atom stereocenters. The number of aryl methyl sites for hydroxylation is 1. The molecule has 2 heterocycles. The van der Waals surface area contributed by atoms with Crippen molar-refractivity contribution in [3.63, 3.8) is 0 Å². The van der Waals surface area contributed by atoms with Gasteiger partial charge >= 0.3 is 0 Å². The monoisotopic (exact) mass is 404 g/mol. The summed E-state index contributed by atoms with van der Waals surface area (Å²) >= 11 is 5.96. The van der Waals surface area contributed by atoms with E-state index in [2.05, 4.69) is 15.4 Å². The molecule has 7 nitrogen and oxygen atoms in total. The highest BCUT2D eigenvalue weighted by Gasteiger charge is 2.24. The number of benzene rings is 1. The van der Waals surface area contributed by atoms with Gasteiger partial charge in [-0.25, -0.2) is 0 Å². The van der Waals surface area contributed by atoms with Crippen LogP contribution in [0.2, 0.25) is 5.22 Å². The summed E-state index contributed by atoms with van der Waals surface area (Å²) in [6, 6.07) is 7.72. The molecule has 1 aliphatic rings. The zero-order chi connectivity index (χ0) is 20.1. The molecule has 0 aliphatic carbocycles. The first-order chi connectivity index (χ1) is 13.4. The third-order valence-corrected chi connectivity index (χ3v) is 5.43. The summed E-state index contributed by atoms with van der Waals surface area (Å²) in [4.78, 5) is 26.1. The molecule has 150 valence electrons. The van der Waals surface area contributed by atoms with Crippen LogP contribution in [0.1, 0.15) is 36.1 Å². The lowest BCUT2D eigenvalue weighted by Gasteiger charge is -2.31. The molecule has 28 heavy (non-hydrogen) atoms. The number of aromatic nitrogens is 1. The van der Waals surface area contributed by atoms with Gasteiger partial charge < -0.3 is 15.6 Å². The van der Waals surface area contributed by atoms with Gasteiger partial charge in [-0.2, -0.15) is 0 Å². The summed E-state index contributed by atoms with van der Waals surface area (Å²) in [5, 5.41) is 7.02. The maximum atomic E-state index is 12.4. The molecule has 0 saturated carbocycles. The molecule has 0 bridgehead atoms. The predicted molar refractivity (Wildman–Crippen MR) is 107 cm³/mol. The largest absolute Gasteiger partial charge is 0.369 e. The fraction of sp³-hybridized carbons (Fsp3) is 0.450. The van der Waals surface area contributed by atoms with Crippen molar-refractivity contribution in [2.45, 2.75) is 39.2 Å². The van der Waals surface area contributed by atoms with Gasteiger partial charge in [-0.1, -0.05) is 23.4 Å². The van der Waals surface area contributed by atoms with Crippen molar-refractivity contribution in [2.75, 3.05) is 18.4 Å². The first-order valence-corrected chi connectivity index (χ1v) is 9.82. The quantitative estimate of drug-likeness (QED) is 0.738. The molecular formula is C20H25ClN4O3. The molecular weight excluding hydrogens is 380 g/mol. The number of primary amides is 1. The fourth-order valence-corrected chi connectivity index (χ4v) is 3.81. The van der Waals surface area contributed by atoms with Crippen LogP contribution in [0.5, 0.6) is 0 Å². The van der Waals surface area contributed by atoms with Crippen molar-refractivity contribution in [3.05, 3.63) is 46.3 Å². The van der Waals surface area contributed by atoms with E-state index in [9.17, 15) is 9.59 Å². The zero-order valence-electron chi connectivity index (χ0n) is 15.9. The number of carbonyl (C=O) groups excluding carboxylic acids is 2. The minimum Gasteiger partial charge on any atom is -0.369 e. The van der Waals surface area contributed by atoms with Crippen molar-refractivity contribution >= 4 is 29.1 Å². The Balaban J connectivity index is 1.60. The Morgan fingerprint density at radius 2 is 2.18 bits per heavy atom. The minimum absolute atomic E-state index is 0.0993. The lowest BCUT2D eigenvalue weighted by atomic mass is 9.97. The van der Waals surface area contributed by atoms with Crippen LogP contribution in [0.25, 0.3) is 0 Å².